The zero-order valence-corrected chi connectivity index (χ0v) is 13.8. The fourth-order valence-electron chi connectivity index (χ4n) is 3.71. The number of hydrogen-bond donors (Lipinski definition) is 3. The summed E-state index contributed by atoms with van der Waals surface area (Å²) in [6, 6.07) is 8.14. The highest BCUT2D eigenvalue weighted by Gasteiger charge is 2.34. The molecule has 8 heteroatoms. The van der Waals surface area contributed by atoms with Gasteiger partial charge in [-0.2, -0.15) is 10.4 Å². The third-order valence-corrected chi connectivity index (χ3v) is 4.92. The summed E-state index contributed by atoms with van der Waals surface area (Å²) in [6.07, 6.45) is 4.80. The molecular weight excluding hydrogens is 330 g/mol. The normalized spacial score (nSPS) is 19.7. The number of aromatic amines is 1. The molecule has 1 aromatic carbocycles. The van der Waals surface area contributed by atoms with Gasteiger partial charge in [0.2, 0.25) is 0 Å². The second-order valence-corrected chi connectivity index (χ2v) is 6.31. The average Bonchev–Trinajstić information content (AvgIpc) is 3.36. The van der Waals surface area contributed by atoms with Crippen LogP contribution in [-0.2, 0) is 0 Å². The van der Waals surface area contributed by atoms with Crippen molar-refractivity contribution in [3.05, 3.63) is 58.4 Å². The molecule has 1 atom stereocenters. The Morgan fingerprint density at radius 3 is 3.04 bits per heavy atom. The van der Waals surface area contributed by atoms with Crippen LogP contribution in [0, 0.1) is 11.3 Å². The van der Waals surface area contributed by atoms with E-state index in [2.05, 4.69) is 43.3 Å². The highest BCUT2D eigenvalue weighted by Crippen LogP contribution is 2.44. The van der Waals surface area contributed by atoms with E-state index in [0.717, 1.165) is 47.7 Å². The van der Waals surface area contributed by atoms with Crippen molar-refractivity contribution in [2.24, 2.45) is 0 Å². The molecule has 2 aliphatic rings. The van der Waals surface area contributed by atoms with E-state index in [0.29, 0.717) is 16.6 Å². The van der Waals surface area contributed by atoms with Crippen LogP contribution in [0.1, 0.15) is 23.5 Å². The Hall–Kier alpha value is -3.44. The van der Waals surface area contributed by atoms with Gasteiger partial charge >= 0.3 is 0 Å². The molecule has 2 aromatic heterocycles. The summed E-state index contributed by atoms with van der Waals surface area (Å²) in [5.74, 6) is 0.452. The number of hydrogen-bond acceptors (Lipinski definition) is 7. The van der Waals surface area contributed by atoms with Crippen molar-refractivity contribution in [2.45, 2.75) is 12.3 Å². The lowest BCUT2D eigenvalue weighted by molar-refractivity contribution is 0.315. The predicted molar refractivity (Wildman–Crippen MR) is 94.1 cm³/mol. The van der Waals surface area contributed by atoms with Gasteiger partial charge in [0.25, 0.3) is 0 Å². The van der Waals surface area contributed by atoms with Crippen LogP contribution in [-0.4, -0.2) is 33.6 Å². The molecule has 2 aliphatic heterocycles. The van der Waals surface area contributed by atoms with E-state index in [4.69, 9.17) is 4.63 Å². The Balaban J connectivity index is 1.76. The number of H-pyrrole nitrogens is 1. The van der Waals surface area contributed by atoms with Crippen molar-refractivity contribution in [3.8, 4) is 6.07 Å². The maximum Gasteiger partial charge on any atom is 0.156 e. The molecule has 3 N–H and O–H groups in total. The van der Waals surface area contributed by atoms with Crippen LogP contribution in [0.25, 0.3) is 11.0 Å². The fourth-order valence-corrected chi connectivity index (χ4v) is 3.71. The van der Waals surface area contributed by atoms with E-state index < -0.39 is 0 Å². The molecule has 1 unspecified atom stereocenters. The van der Waals surface area contributed by atoms with Gasteiger partial charge in [-0.1, -0.05) is 18.2 Å². The molecule has 26 heavy (non-hydrogen) atoms. The first-order valence-electron chi connectivity index (χ1n) is 8.43. The number of allylic oxidation sites excluding steroid dienone is 2. The molecule has 4 heterocycles. The lowest BCUT2D eigenvalue weighted by atomic mass is 9.81. The molecule has 0 fully saturated rings. The first kappa shape index (κ1) is 14.9. The van der Waals surface area contributed by atoms with Gasteiger partial charge in [-0.05, 0) is 40.5 Å². The molecular formula is C18H15N7O. The summed E-state index contributed by atoms with van der Waals surface area (Å²) in [5.41, 5.74) is 5.76. The third kappa shape index (κ3) is 2.14. The third-order valence-electron chi connectivity index (χ3n) is 4.92. The summed E-state index contributed by atoms with van der Waals surface area (Å²) >= 11 is 0. The molecule has 0 aliphatic carbocycles. The van der Waals surface area contributed by atoms with E-state index in [-0.39, 0.29) is 5.92 Å². The molecule has 0 saturated carbocycles. The molecule has 0 amide bonds. The van der Waals surface area contributed by atoms with Crippen LogP contribution in [0.4, 0.5) is 5.82 Å². The Kier molecular flexibility index (Phi) is 3.33. The molecule has 0 bridgehead atoms. The minimum absolute atomic E-state index is 0.281. The maximum absolute atomic E-state index is 10.0. The van der Waals surface area contributed by atoms with Crippen molar-refractivity contribution in [3.63, 3.8) is 0 Å². The highest BCUT2D eigenvalue weighted by atomic mass is 16.6. The Labute approximate surface area is 148 Å². The predicted octanol–water partition coefficient (Wildman–Crippen LogP) is 2.20. The second-order valence-electron chi connectivity index (χ2n) is 6.31. The molecule has 8 nitrogen and oxygen atoms in total. The smallest absolute Gasteiger partial charge is 0.156 e. The highest BCUT2D eigenvalue weighted by molar-refractivity contribution is 5.81. The molecule has 3 aromatic rings. The van der Waals surface area contributed by atoms with Gasteiger partial charge in [-0.3, -0.25) is 5.10 Å². The van der Waals surface area contributed by atoms with E-state index in [1.165, 1.54) is 0 Å². The summed E-state index contributed by atoms with van der Waals surface area (Å²) in [7, 11) is 0. The molecule has 0 saturated heterocycles. The van der Waals surface area contributed by atoms with E-state index in [1.54, 1.807) is 0 Å². The van der Waals surface area contributed by atoms with Crippen molar-refractivity contribution in [1.29, 1.82) is 5.26 Å². The first-order chi connectivity index (χ1) is 12.9. The van der Waals surface area contributed by atoms with Crippen LogP contribution < -0.4 is 10.6 Å². The largest absolute Gasteiger partial charge is 0.337 e. The van der Waals surface area contributed by atoms with Gasteiger partial charge in [0.15, 0.2) is 5.82 Å². The van der Waals surface area contributed by atoms with E-state index >= 15 is 0 Å². The Bertz CT molecular complexity index is 1100. The average molecular weight is 345 g/mol. The number of nitrogens with one attached hydrogen (secondary N) is 3. The van der Waals surface area contributed by atoms with Crippen molar-refractivity contribution in [1.82, 2.24) is 25.8 Å². The minimum atomic E-state index is -0.281. The minimum Gasteiger partial charge on any atom is -0.337 e. The number of rotatable bonds is 2. The lowest BCUT2D eigenvalue weighted by Gasteiger charge is -2.28. The van der Waals surface area contributed by atoms with Gasteiger partial charge in [-0.25, -0.2) is 4.63 Å². The first-order valence-corrected chi connectivity index (χ1v) is 8.43. The number of fused-ring (bicyclic) bond motifs is 2. The number of nitrogens with zero attached hydrogens (tertiary/aromatic N) is 4. The molecule has 0 spiro atoms. The fraction of sp³-hybridized carbons (Fsp3) is 0.222. The molecule has 5 rings (SSSR count). The second kappa shape index (κ2) is 5.82. The van der Waals surface area contributed by atoms with E-state index in [9.17, 15) is 5.26 Å². The quantitative estimate of drug-likeness (QED) is 0.652. The molecule has 0 radical (unpaired) electrons. The number of nitriles is 1. The standard InChI is InChI=1S/C18H15N7O/c19-8-12-15(11-2-1-3-14-17(11)25-26-24-14)13-9-21-23-18(13)22-16(12)10-4-6-20-7-5-10/h1-4,9,15,20H,5-7H2,(H2,21,22,23). The summed E-state index contributed by atoms with van der Waals surface area (Å²) in [6.45, 7) is 1.68. The number of anilines is 1. The molecule has 128 valence electrons. The monoisotopic (exact) mass is 345 g/mol. The van der Waals surface area contributed by atoms with Crippen molar-refractivity contribution in [2.75, 3.05) is 18.4 Å². The number of benzene rings is 1. The Morgan fingerprint density at radius 1 is 1.23 bits per heavy atom. The van der Waals surface area contributed by atoms with Gasteiger partial charge in [0, 0.05) is 18.3 Å². The lowest BCUT2D eigenvalue weighted by Crippen LogP contribution is -2.25. The zero-order valence-electron chi connectivity index (χ0n) is 13.8. The maximum atomic E-state index is 10.0. The van der Waals surface area contributed by atoms with Crippen LogP contribution in [0.15, 0.2) is 51.9 Å². The SMILES string of the molecule is N#CC1=C(C2=CCNCC2)Nc2n[nH]cc2C1c1cccc2nonc12. The van der Waals surface area contributed by atoms with E-state index in [1.807, 2.05) is 24.4 Å². The van der Waals surface area contributed by atoms with Crippen molar-refractivity contribution >= 4 is 16.9 Å². The van der Waals surface area contributed by atoms with Gasteiger partial charge in [-0.15, -0.1) is 0 Å². The topological polar surface area (TPSA) is 115 Å². The zero-order chi connectivity index (χ0) is 17.5. The summed E-state index contributed by atoms with van der Waals surface area (Å²) < 4.78 is 4.92. The van der Waals surface area contributed by atoms with Crippen LogP contribution in [0.5, 0.6) is 0 Å². The van der Waals surface area contributed by atoms with Crippen LogP contribution >= 0.6 is 0 Å². The number of aromatic nitrogens is 4. The van der Waals surface area contributed by atoms with Crippen LogP contribution in [0.3, 0.4) is 0 Å². The van der Waals surface area contributed by atoms with Gasteiger partial charge in [0.1, 0.15) is 11.0 Å². The van der Waals surface area contributed by atoms with Gasteiger partial charge in [0.05, 0.1) is 23.3 Å². The van der Waals surface area contributed by atoms with Crippen LogP contribution in [0.2, 0.25) is 0 Å². The summed E-state index contributed by atoms with van der Waals surface area (Å²) in [4.78, 5) is 0. The Morgan fingerprint density at radius 2 is 2.19 bits per heavy atom. The van der Waals surface area contributed by atoms with Gasteiger partial charge < -0.3 is 10.6 Å². The summed E-state index contributed by atoms with van der Waals surface area (Å²) in [5, 5.41) is 31.9. The van der Waals surface area contributed by atoms with Crippen molar-refractivity contribution < 1.29 is 4.63 Å².